The molecule has 0 spiro atoms. The fourth-order valence-electron chi connectivity index (χ4n) is 3.26. The van der Waals surface area contributed by atoms with E-state index in [0.29, 0.717) is 6.54 Å². The third-order valence-electron chi connectivity index (χ3n) is 4.46. The molecule has 116 valence electrons. The van der Waals surface area contributed by atoms with Crippen LogP contribution in [-0.4, -0.2) is 20.8 Å². The first-order valence-electron chi connectivity index (χ1n) is 7.97. The fourth-order valence-corrected chi connectivity index (χ4v) is 3.26. The smallest absolute Gasteiger partial charge is 0.258 e. The molecule has 0 saturated carbocycles. The predicted molar refractivity (Wildman–Crippen MR) is 90.5 cm³/mol. The van der Waals surface area contributed by atoms with E-state index in [1.165, 1.54) is 11.1 Å². The molecule has 0 aliphatic carbocycles. The molecule has 4 nitrogen and oxygen atoms in total. The van der Waals surface area contributed by atoms with E-state index in [-0.39, 0.29) is 5.56 Å². The SMILES string of the molecule is Cc1ccc2nc(CN3CCc4ccccc4C3)cc(=O)n2c1. The van der Waals surface area contributed by atoms with Crippen molar-refractivity contribution in [2.45, 2.75) is 26.4 Å². The van der Waals surface area contributed by atoms with E-state index in [1.807, 2.05) is 25.3 Å². The van der Waals surface area contributed by atoms with Crippen molar-refractivity contribution in [1.29, 1.82) is 0 Å². The highest BCUT2D eigenvalue weighted by Gasteiger charge is 2.16. The van der Waals surface area contributed by atoms with E-state index in [2.05, 4.69) is 34.1 Å². The van der Waals surface area contributed by atoms with Crippen molar-refractivity contribution in [2.75, 3.05) is 6.54 Å². The topological polar surface area (TPSA) is 37.6 Å². The Balaban J connectivity index is 1.61. The lowest BCUT2D eigenvalue weighted by atomic mass is 10.00. The number of aromatic nitrogens is 2. The van der Waals surface area contributed by atoms with Crippen molar-refractivity contribution in [3.05, 3.63) is 81.4 Å². The van der Waals surface area contributed by atoms with Crippen molar-refractivity contribution >= 4 is 5.65 Å². The fraction of sp³-hybridized carbons (Fsp3) is 0.263. The lowest BCUT2D eigenvalue weighted by Gasteiger charge is -2.28. The Bertz CT molecular complexity index is 929. The number of rotatable bonds is 2. The van der Waals surface area contributed by atoms with E-state index < -0.39 is 0 Å². The van der Waals surface area contributed by atoms with E-state index in [4.69, 9.17) is 0 Å². The summed E-state index contributed by atoms with van der Waals surface area (Å²) in [6.07, 6.45) is 2.90. The van der Waals surface area contributed by atoms with Crippen LogP contribution in [0, 0.1) is 6.92 Å². The Morgan fingerprint density at radius 2 is 1.96 bits per heavy atom. The second-order valence-corrected chi connectivity index (χ2v) is 6.25. The minimum atomic E-state index is -0.00823. The van der Waals surface area contributed by atoms with Crippen molar-refractivity contribution in [3.63, 3.8) is 0 Å². The average Bonchev–Trinajstić information content (AvgIpc) is 2.55. The van der Waals surface area contributed by atoms with E-state index in [0.717, 1.165) is 36.4 Å². The maximum atomic E-state index is 12.3. The van der Waals surface area contributed by atoms with Gasteiger partial charge < -0.3 is 0 Å². The molecule has 2 aromatic heterocycles. The summed E-state index contributed by atoms with van der Waals surface area (Å²) in [5.74, 6) is 0. The lowest BCUT2D eigenvalue weighted by Crippen LogP contribution is -2.31. The van der Waals surface area contributed by atoms with Crippen molar-refractivity contribution in [1.82, 2.24) is 14.3 Å². The highest BCUT2D eigenvalue weighted by molar-refractivity contribution is 5.40. The summed E-state index contributed by atoms with van der Waals surface area (Å²) >= 11 is 0. The lowest BCUT2D eigenvalue weighted by molar-refractivity contribution is 0.242. The number of pyridine rings is 1. The second kappa shape index (κ2) is 5.63. The van der Waals surface area contributed by atoms with Crippen LogP contribution in [0.2, 0.25) is 0 Å². The van der Waals surface area contributed by atoms with Gasteiger partial charge in [0.05, 0.1) is 5.69 Å². The molecular formula is C19H19N3O. The highest BCUT2D eigenvalue weighted by Crippen LogP contribution is 2.19. The molecule has 1 aliphatic rings. The molecule has 3 aromatic rings. The number of hydrogen-bond donors (Lipinski definition) is 0. The Labute approximate surface area is 135 Å². The number of benzene rings is 1. The van der Waals surface area contributed by atoms with Gasteiger partial charge in [0.25, 0.3) is 5.56 Å². The van der Waals surface area contributed by atoms with Gasteiger partial charge in [-0.2, -0.15) is 0 Å². The van der Waals surface area contributed by atoms with Crippen LogP contribution < -0.4 is 5.56 Å². The van der Waals surface area contributed by atoms with E-state index in [1.54, 1.807) is 10.5 Å². The number of aryl methyl sites for hydroxylation is 1. The van der Waals surface area contributed by atoms with Gasteiger partial charge in [-0.25, -0.2) is 4.98 Å². The van der Waals surface area contributed by atoms with Gasteiger partial charge in [0.2, 0.25) is 0 Å². The molecule has 0 amide bonds. The van der Waals surface area contributed by atoms with Crippen molar-refractivity contribution in [3.8, 4) is 0 Å². The Kier molecular flexibility index (Phi) is 3.46. The zero-order valence-electron chi connectivity index (χ0n) is 13.2. The summed E-state index contributed by atoms with van der Waals surface area (Å²) in [5.41, 5.74) is 5.43. The first-order valence-corrected chi connectivity index (χ1v) is 7.97. The summed E-state index contributed by atoms with van der Waals surface area (Å²) in [7, 11) is 0. The van der Waals surface area contributed by atoms with Gasteiger partial charge in [0.1, 0.15) is 5.65 Å². The van der Waals surface area contributed by atoms with Crippen LogP contribution in [0.25, 0.3) is 5.65 Å². The van der Waals surface area contributed by atoms with Gasteiger partial charge in [-0.05, 0) is 36.1 Å². The number of nitrogens with zero attached hydrogens (tertiary/aromatic N) is 3. The maximum Gasteiger partial charge on any atom is 0.258 e. The van der Waals surface area contributed by atoms with E-state index >= 15 is 0 Å². The molecule has 3 heterocycles. The summed E-state index contributed by atoms with van der Waals surface area (Å²) < 4.78 is 1.62. The summed E-state index contributed by atoms with van der Waals surface area (Å²) in [6, 6.07) is 14.1. The Morgan fingerprint density at radius 1 is 1.13 bits per heavy atom. The van der Waals surface area contributed by atoms with Gasteiger partial charge in [0, 0.05) is 31.9 Å². The molecule has 0 atom stereocenters. The van der Waals surface area contributed by atoms with Gasteiger partial charge in [-0.3, -0.25) is 14.1 Å². The predicted octanol–water partition coefficient (Wildman–Crippen LogP) is 2.56. The van der Waals surface area contributed by atoms with Crippen LogP contribution >= 0.6 is 0 Å². The van der Waals surface area contributed by atoms with Gasteiger partial charge in [-0.15, -0.1) is 0 Å². The molecule has 0 bridgehead atoms. The summed E-state index contributed by atoms with van der Waals surface area (Å²) in [5, 5.41) is 0. The second-order valence-electron chi connectivity index (χ2n) is 6.25. The molecule has 23 heavy (non-hydrogen) atoms. The van der Waals surface area contributed by atoms with Crippen LogP contribution in [0.4, 0.5) is 0 Å². The molecule has 0 radical (unpaired) electrons. The molecule has 4 rings (SSSR count). The zero-order valence-corrected chi connectivity index (χ0v) is 13.2. The molecule has 0 N–H and O–H groups in total. The molecule has 0 saturated heterocycles. The van der Waals surface area contributed by atoms with Crippen LogP contribution in [-0.2, 0) is 19.5 Å². The van der Waals surface area contributed by atoms with Crippen LogP contribution in [0.15, 0.2) is 53.5 Å². The number of hydrogen-bond acceptors (Lipinski definition) is 3. The van der Waals surface area contributed by atoms with Crippen LogP contribution in [0.3, 0.4) is 0 Å². The van der Waals surface area contributed by atoms with Gasteiger partial charge in [0.15, 0.2) is 0 Å². The normalized spacial score (nSPS) is 14.8. The molecule has 0 unspecified atom stereocenters. The van der Waals surface area contributed by atoms with Crippen molar-refractivity contribution in [2.24, 2.45) is 0 Å². The minimum absolute atomic E-state index is 0.00823. The molecule has 4 heteroatoms. The molecule has 0 fully saturated rings. The first-order chi connectivity index (χ1) is 11.2. The summed E-state index contributed by atoms with van der Waals surface area (Å²) in [6.45, 7) is 4.62. The van der Waals surface area contributed by atoms with Gasteiger partial charge >= 0.3 is 0 Å². The van der Waals surface area contributed by atoms with Crippen molar-refractivity contribution < 1.29 is 0 Å². The third-order valence-corrected chi connectivity index (χ3v) is 4.46. The highest BCUT2D eigenvalue weighted by atomic mass is 16.1. The third kappa shape index (κ3) is 2.78. The Morgan fingerprint density at radius 3 is 2.83 bits per heavy atom. The van der Waals surface area contributed by atoms with Crippen LogP contribution in [0.5, 0.6) is 0 Å². The standard InChI is InChI=1S/C19H19N3O/c1-14-6-7-18-20-17(10-19(23)22(18)11-14)13-21-9-8-15-4-2-3-5-16(15)12-21/h2-7,10-11H,8-9,12-13H2,1H3. The average molecular weight is 305 g/mol. The van der Waals surface area contributed by atoms with Crippen LogP contribution in [0.1, 0.15) is 22.4 Å². The Hall–Kier alpha value is -2.46. The first kappa shape index (κ1) is 14.2. The minimum Gasteiger partial charge on any atom is -0.293 e. The number of fused-ring (bicyclic) bond motifs is 2. The quantitative estimate of drug-likeness (QED) is 0.730. The molecular weight excluding hydrogens is 286 g/mol. The largest absolute Gasteiger partial charge is 0.293 e. The summed E-state index contributed by atoms with van der Waals surface area (Å²) in [4.78, 5) is 19.3. The monoisotopic (exact) mass is 305 g/mol. The van der Waals surface area contributed by atoms with Gasteiger partial charge in [-0.1, -0.05) is 30.3 Å². The zero-order chi connectivity index (χ0) is 15.8. The molecule has 1 aromatic carbocycles. The van der Waals surface area contributed by atoms with E-state index in [9.17, 15) is 4.79 Å². The molecule has 1 aliphatic heterocycles. The maximum absolute atomic E-state index is 12.3.